The number of methoxy groups -OCH3 is 1. The van der Waals surface area contributed by atoms with Crippen LogP contribution in [-0.2, 0) is 9.53 Å². The van der Waals surface area contributed by atoms with Gasteiger partial charge < -0.3 is 4.74 Å². The molecule has 1 aromatic carbocycles. The van der Waals surface area contributed by atoms with Crippen LogP contribution in [0, 0.1) is 0 Å². The monoisotopic (exact) mass is 325 g/mol. The van der Waals surface area contributed by atoms with Gasteiger partial charge in [0, 0.05) is 12.1 Å². The summed E-state index contributed by atoms with van der Waals surface area (Å²) in [6.07, 6.45) is 2.94. The van der Waals surface area contributed by atoms with Gasteiger partial charge in [0.2, 0.25) is 0 Å². The van der Waals surface area contributed by atoms with Gasteiger partial charge in [-0.25, -0.2) is 4.79 Å². The van der Waals surface area contributed by atoms with Crippen LogP contribution in [-0.4, -0.2) is 37.1 Å². The molecule has 2 aliphatic heterocycles. The van der Waals surface area contributed by atoms with Gasteiger partial charge in [-0.15, -0.1) is 0 Å². The van der Waals surface area contributed by atoms with Crippen LogP contribution in [0.3, 0.4) is 0 Å². The summed E-state index contributed by atoms with van der Waals surface area (Å²) < 4.78 is 5.01. The average molecular weight is 326 g/mol. The van der Waals surface area contributed by atoms with Crippen molar-refractivity contribution in [3.8, 4) is 0 Å². The van der Waals surface area contributed by atoms with Crippen LogP contribution >= 0.6 is 23.2 Å². The maximum absolute atomic E-state index is 12.3. The molecule has 2 bridgehead atoms. The molecule has 0 N–H and O–H groups in total. The van der Waals surface area contributed by atoms with Crippen LogP contribution in [0.4, 0.5) is 0 Å². The van der Waals surface area contributed by atoms with Crippen molar-refractivity contribution >= 4 is 34.7 Å². The Morgan fingerprint density at radius 3 is 2.71 bits per heavy atom. The maximum atomic E-state index is 12.3. The van der Waals surface area contributed by atoms with Crippen molar-refractivity contribution in [1.82, 2.24) is 4.90 Å². The molecular weight excluding hydrogens is 309 g/mol. The Labute approximate surface area is 134 Å². The van der Waals surface area contributed by atoms with Crippen molar-refractivity contribution in [3.05, 3.63) is 39.4 Å². The Bertz CT molecular complexity index is 627. The van der Waals surface area contributed by atoms with E-state index in [0.29, 0.717) is 16.1 Å². The minimum absolute atomic E-state index is 0.139. The van der Waals surface area contributed by atoms with Gasteiger partial charge in [0.15, 0.2) is 0 Å². The van der Waals surface area contributed by atoms with Crippen molar-refractivity contribution in [2.24, 2.45) is 0 Å². The molecule has 2 aliphatic rings. The number of esters is 1. The summed E-state index contributed by atoms with van der Waals surface area (Å²) in [6.45, 7) is 0. The van der Waals surface area contributed by atoms with Crippen molar-refractivity contribution < 1.29 is 9.53 Å². The van der Waals surface area contributed by atoms with E-state index in [2.05, 4.69) is 11.9 Å². The van der Waals surface area contributed by atoms with E-state index in [1.165, 1.54) is 7.11 Å². The fourth-order valence-corrected chi connectivity index (χ4v) is 3.78. The van der Waals surface area contributed by atoms with E-state index in [0.717, 1.165) is 36.0 Å². The minimum atomic E-state index is -0.242. The quantitative estimate of drug-likeness (QED) is 0.775. The van der Waals surface area contributed by atoms with Crippen LogP contribution in [0.25, 0.3) is 5.57 Å². The van der Waals surface area contributed by atoms with E-state index in [4.69, 9.17) is 27.9 Å². The fraction of sp³-hybridized carbons (Fsp3) is 0.438. The number of carbonyl (C=O) groups is 1. The molecule has 0 amide bonds. The van der Waals surface area contributed by atoms with E-state index in [-0.39, 0.29) is 12.0 Å². The number of hydrogen-bond acceptors (Lipinski definition) is 3. The molecule has 0 aliphatic carbocycles. The summed E-state index contributed by atoms with van der Waals surface area (Å²) in [5.74, 6) is -0.242. The second-order valence-electron chi connectivity index (χ2n) is 5.63. The third-order valence-corrected chi connectivity index (χ3v) is 5.35. The number of ether oxygens (including phenoxy) is 1. The highest BCUT2D eigenvalue weighted by Crippen LogP contribution is 2.43. The second kappa shape index (κ2) is 5.64. The van der Waals surface area contributed by atoms with E-state index in [1.807, 2.05) is 12.1 Å². The number of nitrogens with zero attached hydrogens (tertiary/aromatic N) is 1. The largest absolute Gasteiger partial charge is 0.466 e. The molecule has 112 valence electrons. The first-order valence-electron chi connectivity index (χ1n) is 7.01. The van der Waals surface area contributed by atoms with E-state index in [1.54, 1.807) is 6.07 Å². The number of rotatable bonds is 2. The van der Waals surface area contributed by atoms with Crippen molar-refractivity contribution in [3.63, 3.8) is 0 Å². The van der Waals surface area contributed by atoms with Gasteiger partial charge in [-0.1, -0.05) is 29.3 Å². The highest BCUT2D eigenvalue weighted by atomic mass is 35.5. The number of carbonyl (C=O) groups excluding carboxylic acids is 1. The molecule has 1 aromatic rings. The molecule has 3 rings (SSSR count). The maximum Gasteiger partial charge on any atom is 0.335 e. The number of halogens is 2. The molecule has 0 aromatic heterocycles. The first-order valence-corrected chi connectivity index (χ1v) is 7.77. The molecule has 2 atom stereocenters. The average Bonchev–Trinajstić information content (AvgIpc) is 2.72. The summed E-state index contributed by atoms with van der Waals surface area (Å²) in [4.78, 5) is 14.6. The number of likely N-dealkylation sites (N-methyl/N-ethyl adjacent to an activating group) is 1. The lowest BCUT2D eigenvalue weighted by molar-refractivity contribution is -0.136. The summed E-state index contributed by atoms with van der Waals surface area (Å²) in [7, 11) is 3.51. The molecule has 0 radical (unpaired) electrons. The second-order valence-corrected chi connectivity index (χ2v) is 6.44. The van der Waals surface area contributed by atoms with Gasteiger partial charge in [-0.05, 0) is 49.6 Å². The van der Waals surface area contributed by atoms with Gasteiger partial charge in [0.05, 0.1) is 22.7 Å². The Morgan fingerprint density at radius 1 is 1.29 bits per heavy atom. The standard InChI is InChI=1S/C16H17Cl2NO2/c1-19-10-4-6-14(19)15(16(20)21-2)11(8-10)9-3-5-12(17)13(18)7-9/h3,5,7,10,14H,4,6,8H2,1-2H3/t10?,14-/m0/s1. The zero-order chi connectivity index (χ0) is 15.1. The van der Waals surface area contributed by atoms with Crippen LogP contribution in [0.15, 0.2) is 23.8 Å². The number of hydrogen-bond donors (Lipinski definition) is 0. The first-order chi connectivity index (χ1) is 10.0. The zero-order valence-electron chi connectivity index (χ0n) is 12.0. The topological polar surface area (TPSA) is 29.5 Å². The Morgan fingerprint density at radius 2 is 2.05 bits per heavy atom. The molecule has 5 heteroatoms. The predicted octanol–water partition coefficient (Wildman–Crippen LogP) is 3.79. The Balaban J connectivity index is 2.13. The smallest absolute Gasteiger partial charge is 0.335 e. The van der Waals surface area contributed by atoms with Gasteiger partial charge in [0.25, 0.3) is 0 Å². The molecule has 1 unspecified atom stereocenters. The highest BCUT2D eigenvalue weighted by molar-refractivity contribution is 6.42. The van der Waals surface area contributed by atoms with Gasteiger partial charge in [-0.3, -0.25) is 4.90 Å². The van der Waals surface area contributed by atoms with Crippen molar-refractivity contribution in [2.45, 2.75) is 31.3 Å². The van der Waals surface area contributed by atoms with E-state index >= 15 is 0 Å². The molecule has 1 saturated heterocycles. The molecule has 3 nitrogen and oxygen atoms in total. The molecule has 0 saturated carbocycles. The fourth-order valence-electron chi connectivity index (χ4n) is 3.48. The molecule has 2 heterocycles. The zero-order valence-corrected chi connectivity index (χ0v) is 13.5. The SMILES string of the molecule is COC(=O)C1=C(c2ccc(Cl)c(Cl)c2)CC2CC[C@@H]1N2C. The highest BCUT2D eigenvalue weighted by Gasteiger charge is 2.42. The van der Waals surface area contributed by atoms with Gasteiger partial charge >= 0.3 is 5.97 Å². The van der Waals surface area contributed by atoms with E-state index < -0.39 is 0 Å². The minimum Gasteiger partial charge on any atom is -0.466 e. The Kier molecular flexibility index (Phi) is 4.00. The third-order valence-electron chi connectivity index (χ3n) is 4.61. The van der Waals surface area contributed by atoms with Crippen LogP contribution in [0.5, 0.6) is 0 Å². The first kappa shape index (κ1) is 14.9. The number of fused-ring (bicyclic) bond motifs is 2. The lowest BCUT2D eigenvalue weighted by atomic mass is 9.88. The van der Waals surface area contributed by atoms with Crippen LogP contribution in [0.1, 0.15) is 24.8 Å². The lowest BCUT2D eigenvalue weighted by Crippen LogP contribution is -2.40. The van der Waals surface area contributed by atoms with Gasteiger partial charge in [0.1, 0.15) is 0 Å². The summed E-state index contributed by atoms with van der Waals surface area (Å²) >= 11 is 12.1. The van der Waals surface area contributed by atoms with Crippen molar-refractivity contribution in [1.29, 1.82) is 0 Å². The summed E-state index contributed by atoms with van der Waals surface area (Å²) in [6, 6.07) is 6.17. The number of benzene rings is 1. The summed E-state index contributed by atoms with van der Waals surface area (Å²) in [5, 5.41) is 1.04. The Hall–Kier alpha value is -1.03. The summed E-state index contributed by atoms with van der Waals surface area (Å²) in [5.41, 5.74) is 2.79. The van der Waals surface area contributed by atoms with Crippen LogP contribution in [0.2, 0.25) is 10.0 Å². The van der Waals surface area contributed by atoms with Crippen LogP contribution < -0.4 is 0 Å². The van der Waals surface area contributed by atoms with E-state index in [9.17, 15) is 4.79 Å². The lowest BCUT2D eigenvalue weighted by Gasteiger charge is -2.34. The molecule has 21 heavy (non-hydrogen) atoms. The van der Waals surface area contributed by atoms with Crippen molar-refractivity contribution in [2.75, 3.05) is 14.2 Å². The van der Waals surface area contributed by atoms with Gasteiger partial charge in [-0.2, -0.15) is 0 Å². The third kappa shape index (κ3) is 2.48. The molecule has 1 fully saturated rings. The predicted molar refractivity (Wildman–Crippen MR) is 84.6 cm³/mol. The normalized spacial score (nSPS) is 25.3. The molecular formula is C16H17Cl2NO2. The molecule has 0 spiro atoms.